The monoisotopic (exact) mass is 217 g/mol. The van der Waals surface area contributed by atoms with Crippen LogP contribution in [0.25, 0.3) is 0 Å². The van der Waals surface area contributed by atoms with Gasteiger partial charge in [-0.15, -0.1) is 0 Å². The number of fused-ring (bicyclic) bond motifs is 1. The minimum absolute atomic E-state index is 0.0317. The van der Waals surface area contributed by atoms with Gasteiger partial charge in [0.15, 0.2) is 0 Å². The van der Waals surface area contributed by atoms with Crippen molar-refractivity contribution in [3.05, 3.63) is 23.8 Å². The Morgan fingerprint density at radius 3 is 2.73 bits per heavy atom. The summed E-state index contributed by atoms with van der Waals surface area (Å²) >= 11 is 0. The average molecular weight is 217 g/mol. The smallest absolute Gasteiger partial charge is 0.408 e. The molecule has 0 spiro atoms. The van der Waals surface area contributed by atoms with E-state index in [2.05, 4.69) is 5.32 Å². The average Bonchev–Trinajstić information content (AvgIpc) is 2.59. The molecule has 1 N–H and O–H groups in total. The Kier molecular flexibility index (Phi) is 2.25. The second-order valence-electron chi connectivity index (χ2n) is 3.47. The fourth-order valence-electron chi connectivity index (χ4n) is 1.66. The van der Waals surface area contributed by atoms with Gasteiger partial charge in [-0.3, -0.25) is 0 Å². The van der Waals surface area contributed by atoms with Crippen molar-refractivity contribution in [1.29, 1.82) is 0 Å². The van der Waals surface area contributed by atoms with Gasteiger partial charge < -0.3 is 10.1 Å². The highest BCUT2D eigenvalue weighted by molar-refractivity contribution is 5.59. The van der Waals surface area contributed by atoms with Gasteiger partial charge in [-0.2, -0.15) is 13.2 Å². The molecule has 2 nitrogen and oxygen atoms in total. The van der Waals surface area contributed by atoms with E-state index in [1.807, 2.05) is 0 Å². The first-order valence-corrected chi connectivity index (χ1v) is 4.51. The molecular weight excluding hydrogens is 207 g/mol. The van der Waals surface area contributed by atoms with Crippen molar-refractivity contribution in [2.75, 3.05) is 12.4 Å². The van der Waals surface area contributed by atoms with Gasteiger partial charge in [-0.1, -0.05) is 0 Å². The minimum Gasteiger partial charge on any atom is -0.497 e. The summed E-state index contributed by atoms with van der Waals surface area (Å²) in [7, 11) is 1.49. The lowest BCUT2D eigenvalue weighted by Crippen LogP contribution is -2.34. The van der Waals surface area contributed by atoms with E-state index in [1.54, 1.807) is 18.2 Å². The number of methoxy groups -OCH3 is 1. The number of alkyl halides is 3. The Balaban J connectivity index is 2.24. The Hall–Kier alpha value is -1.39. The molecule has 1 aliphatic heterocycles. The van der Waals surface area contributed by atoms with Gasteiger partial charge in [0, 0.05) is 12.1 Å². The van der Waals surface area contributed by atoms with Gasteiger partial charge in [0.05, 0.1) is 7.11 Å². The number of halogens is 3. The van der Waals surface area contributed by atoms with E-state index in [9.17, 15) is 13.2 Å². The quantitative estimate of drug-likeness (QED) is 0.780. The van der Waals surface area contributed by atoms with Gasteiger partial charge >= 0.3 is 6.18 Å². The second-order valence-corrected chi connectivity index (χ2v) is 3.47. The van der Waals surface area contributed by atoms with E-state index in [0.29, 0.717) is 17.0 Å². The van der Waals surface area contributed by atoms with Gasteiger partial charge in [0.1, 0.15) is 11.8 Å². The molecule has 1 heterocycles. The summed E-state index contributed by atoms with van der Waals surface area (Å²) in [5.74, 6) is 0.582. The van der Waals surface area contributed by atoms with Gasteiger partial charge in [-0.05, 0) is 23.8 Å². The first-order valence-electron chi connectivity index (χ1n) is 4.51. The van der Waals surface area contributed by atoms with Crippen LogP contribution in [0.4, 0.5) is 18.9 Å². The lowest BCUT2D eigenvalue weighted by molar-refractivity contribution is -0.140. The zero-order chi connectivity index (χ0) is 11.1. The molecule has 0 bridgehead atoms. The molecule has 0 aromatic heterocycles. The zero-order valence-corrected chi connectivity index (χ0v) is 8.06. The molecule has 0 saturated heterocycles. The van der Waals surface area contributed by atoms with E-state index in [0.717, 1.165) is 0 Å². The molecule has 5 heteroatoms. The zero-order valence-electron chi connectivity index (χ0n) is 8.06. The van der Waals surface area contributed by atoms with Crippen LogP contribution in [0.3, 0.4) is 0 Å². The van der Waals surface area contributed by atoms with Gasteiger partial charge in [0.25, 0.3) is 0 Å². The van der Waals surface area contributed by atoms with Crippen LogP contribution in [-0.4, -0.2) is 19.3 Å². The number of nitrogens with one attached hydrogen (secondary N) is 1. The number of hydrogen-bond acceptors (Lipinski definition) is 2. The molecule has 0 fully saturated rings. The Morgan fingerprint density at radius 1 is 1.40 bits per heavy atom. The molecule has 0 amide bonds. The number of anilines is 1. The largest absolute Gasteiger partial charge is 0.497 e. The predicted octanol–water partition coefficient (Wildman–Crippen LogP) is 2.59. The van der Waals surface area contributed by atoms with Crippen molar-refractivity contribution in [2.45, 2.75) is 18.6 Å². The molecule has 1 aromatic rings. The maximum absolute atomic E-state index is 12.4. The van der Waals surface area contributed by atoms with Crippen LogP contribution < -0.4 is 10.1 Å². The fraction of sp³-hybridized carbons (Fsp3) is 0.400. The Labute approximate surface area is 85.0 Å². The molecule has 0 radical (unpaired) electrons. The number of rotatable bonds is 1. The third-order valence-electron chi connectivity index (χ3n) is 2.46. The first kappa shape index (κ1) is 10.1. The summed E-state index contributed by atoms with van der Waals surface area (Å²) in [6.45, 7) is 0. The van der Waals surface area contributed by atoms with E-state index in [-0.39, 0.29) is 6.42 Å². The minimum atomic E-state index is -4.20. The van der Waals surface area contributed by atoms with Crippen molar-refractivity contribution in [3.63, 3.8) is 0 Å². The van der Waals surface area contributed by atoms with Crippen LogP contribution in [0.5, 0.6) is 5.75 Å². The molecule has 0 aliphatic carbocycles. The molecule has 0 saturated carbocycles. The molecular formula is C10H10F3NO. The van der Waals surface area contributed by atoms with E-state index in [1.165, 1.54) is 7.11 Å². The van der Waals surface area contributed by atoms with Crippen molar-refractivity contribution in [2.24, 2.45) is 0 Å². The Morgan fingerprint density at radius 2 is 2.13 bits per heavy atom. The van der Waals surface area contributed by atoms with Crippen molar-refractivity contribution < 1.29 is 17.9 Å². The Bertz CT molecular complexity index is 375. The maximum Gasteiger partial charge on any atom is 0.408 e. The number of hydrogen-bond donors (Lipinski definition) is 1. The lowest BCUT2D eigenvalue weighted by atomic mass is 10.1. The highest BCUT2D eigenvalue weighted by Crippen LogP contribution is 2.35. The van der Waals surface area contributed by atoms with Crippen LogP contribution in [0.2, 0.25) is 0 Å². The van der Waals surface area contributed by atoms with Crippen LogP contribution in [0, 0.1) is 0 Å². The maximum atomic E-state index is 12.4. The highest BCUT2D eigenvalue weighted by atomic mass is 19.4. The van der Waals surface area contributed by atoms with Crippen LogP contribution in [-0.2, 0) is 6.42 Å². The van der Waals surface area contributed by atoms with E-state index < -0.39 is 12.2 Å². The molecule has 1 aromatic carbocycles. The number of benzene rings is 1. The first-order chi connectivity index (χ1) is 7.00. The number of ether oxygens (including phenoxy) is 1. The molecule has 2 rings (SSSR count). The van der Waals surface area contributed by atoms with Crippen molar-refractivity contribution in [1.82, 2.24) is 0 Å². The van der Waals surface area contributed by atoms with Gasteiger partial charge in [0.2, 0.25) is 0 Å². The summed E-state index contributed by atoms with van der Waals surface area (Å²) in [4.78, 5) is 0. The second kappa shape index (κ2) is 3.32. The van der Waals surface area contributed by atoms with E-state index >= 15 is 0 Å². The van der Waals surface area contributed by atoms with Crippen LogP contribution >= 0.6 is 0 Å². The van der Waals surface area contributed by atoms with Crippen molar-refractivity contribution >= 4 is 5.69 Å². The molecule has 1 aliphatic rings. The van der Waals surface area contributed by atoms with Crippen LogP contribution in [0.1, 0.15) is 5.56 Å². The SMILES string of the molecule is COc1ccc2c(c1)CC(C(F)(F)F)N2. The third-order valence-corrected chi connectivity index (χ3v) is 2.46. The standard InChI is InChI=1S/C10H10F3NO/c1-15-7-2-3-8-6(4-7)5-9(14-8)10(11,12)13/h2-4,9,14H,5H2,1H3. The summed E-state index contributed by atoms with van der Waals surface area (Å²) in [5, 5.41) is 2.45. The lowest BCUT2D eigenvalue weighted by Gasteiger charge is -2.14. The van der Waals surface area contributed by atoms with Crippen molar-refractivity contribution in [3.8, 4) is 5.75 Å². The molecule has 82 valence electrons. The highest BCUT2D eigenvalue weighted by Gasteiger charge is 2.43. The normalized spacial score (nSPS) is 19.6. The summed E-state index contributed by atoms with van der Waals surface area (Å²) in [6.07, 6.45) is -4.23. The summed E-state index contributed by atoms with van der Waals surface area (Å²) < 4.78 is 42.2. The molecule has 1 atom stereocenters. The molecule has 1 unspecified atom stereocenters. The van der Waals surface area contributed by atoms with E-state index in [4.69, 9.17) is 4.74 Å². The topological polar surface area (TPSA) is 21.3 Å². The molecule has 15 heavy (non-hydrogen) atoms. The third kappa shape index (κ3) is 1.86. The van der Waals surface area contributed by atoms with Gasteiger partial charge in [-0.25, -0.2) is 0 Å². The fourth-order valence-corrected chi connectivity index (χ4v) is 1.66. The predicted molar refractivity (Wildman–Crippen MR) is 50.2 cm³/mol. The van der Waals surface area contributed by atoms with Crippen LogP contribution in [0.15, 0.2) is 18.2 Å². The summed E-state index contributed by atoms with van der Waals surface area (Å²) in [6, 6.07) is 3.41. The summed E-state index contributed by atoms with van der Waals surface area (Å²) in [5.41, 5.74) is 1.19.